The number of nitrogens with zero attached hydrogens (tertiary/aromatic N) is 3. The van der Waals surface area contributed by atoms with Gasteiger partial charge in [-0.15, -0.1) is 0 Å². The van der Waals surface area contributed by atoms with E-state index in [2.05, 4.69) is 4.98 Å². The van der Waals surface area contributed by atoms with Crippen molar-refractivity contribution in [1.29, 1.82) is 10.5 Å². The molecule has 0 bridgehead atoms. The van der Waals surface area contributed by atoms with Gasteiger partial charge in [-0.1, -0.05) is 24.3 Å². The molecule has 0 aliphatic heterocycles. The SMILES string of the molecule is N#CC(C#N)C(=O)c1ccc2ccc(-c3ccccc3F)nc2c1F. The number of carbonyl (C=O) groups excluding carboxylic acids is 1. The fourth-order valence-corrected chi connectivity index (χ4v) is 2.46. The van der Waals surface area contributed by atoms with E-state index in [1.807, 2.05) is 0 Å². The summed E-state index contributed by atoms with van der Waals surface area (Å²) in [6.45, 7) is 0. The summed E-state index contributed by atoms with van der Waals surface area (Å²) < 4.78 is 28.7. The number of hydrogen-bond acceptors (Lipinski definition) is 4. The van der Waals surface area contributed by atoms with E-state index in [0.717, 1.165) is 0 Å². The van der Waals surface area contributed by atoms with Crippen molar-refractivity contribution < 1.29 is 13.6 Å². The molecule has 0 saturated carbocycles. The van der Waals surface area contributed by atoms with E-state index in [4.69, 9.17) is 10.5 Å². The number of ketones is 1. The molecule has 3 rings (SSSR count). The molecule has 2 aromatic carbocycles. The molecular weight excluding hydrogens is 324 g/mol. The highest BCUT2D eigenvalue weighted by molar-refractivity contribution is 6.03. The molecule has 4 nitrogen and oxygen atoms in total. The Kier molecular flexibility index (Phi) is 4.20. The molecular formula is C19H9F2N3O. The summed E-state index contributed by atoms with van der Waals surface area (Å²) in [5.74, 6) is -3.96. The lowest BCUT2D eigenvalue weighted by Crippen LogP contribution is -2.13. The molecule has 0 saturated heterocycles. The van der Waals surface area contributed by atoms with Gasteiger partial charge in [0.15, 0.2) is 17.5 Å². The highest BCUT2D eigenvalue weighted by Gasteiger charge is 2.24. The Morgan fingerprint density at radius 2 is 1.68 bits per heavy atom. The molecule has 0 N–H and O–H groups in total. The number of carbonyl (C=O) groups is 1. The predicted octanol–water partition coefficient (Wildman–Crippen LogP) is 4.03. The van der Waals surface area contributed by atoms with E-state index in [0.29, 0.717) is 5.39 Å². The Bertz CT molecular complexity index is 1070. The van der Waals surface area contributed by atoms with Gasteiger partial charge in [0, 0.05) is 10.9 Å². The van der Waals surface area contributed by atoms with E-state index in [1.165, 1.54) is 42.5 Å². The van der Waals surface area contributed by atoms with Crippen molar-refractivity contribution in [1.82, 2.24) is 4.98 Å². The first kappa shape index (κ1) is 16.2. The van der Waals surface area contributed by atoms with E-state index in [1.54, 1.807) is 18.2 Å². The van der Waals surface area contributed by atoms with Crippen LogP contribution in [0.4, 0.5) is 8.78 Å². The Morgan fingerprint density at radius 1 is 1.00 bits per heavy atom. The molecule has 0 amide bonds. The summed E-state index contributed by atoms with van der Waals surface area (Å²) in [6, 6.07) is 14.8. The summed E-state index contributed by atoms with van der Waals surface area (Å²) >= 11 is 0. The van der Waals surface area contributed by atoms with Crippen LogP contribution >= 0.6 is 0 Å². The van der Waals surface area contributed by atoms with Crippen molar-refractivity contribution >= 4 is 16.7 Å². The smallest absolute Gasteiger partial charge is 0.197 e. The molecule has 6 heteroatoms. The van der Waals surface area contributed by atoms with Gasteiger partial charge < -0.3 is 0 Å². The normalized spacial score (nSPS) is 10.4. The largest absolute Gasteiger partial charge is 0.291 e. The molecule has 0 atom stereocenters. The quantitative estimate of drug-likeness (QED) is 0.678. The summed E-state index contributed by atoms with van der Waals surface area (Å²) in [5, 5.41) is 18.0. The van der Waals surface area contributed by atoms with Gasteiger partial charge in [-0.3, -0.25) is 4.79 Å². The molecule has 1 heterocycles. The third kappa shape index (κ3) is 2.82. The lowest BCUT2D eigenvalue weighted by atomic mass is 9.98. The van der Waals surface area contributed by atoms with Crippen LogP contribution in [0.25, 0.3) is 22.2 Å². The van der Waals surface area contributed by atoms with Gasteiger partial charge in [-0.2, -0.15) is 10.5 Å². The van der Waals surface area contributed by atoms with Crippen molar-refractivity contribution in [2.75, 3.05) is 0 Å². The zero-order valence-corrected chi connectivity index (χ0v) is 12.7. The predicted molar refractivity (Wildman–Crippen MR) is 86.1 cm³/mol. The van der Waals surface area contributed by atoms with E-state index in [9.17, 15) is 13.6 Å². The van der Waals surface area contributed by atoms with E-state index >= 15 is 0 Å². The number of benzene rings is 2. The summed E-state index contributed by atoms with van der Waals surface area (Å²) in [6.07, 6.45) is 0. The van der Waals surface area contributed by atoms with Crippen molar-refractivity contribution in [3.05, 3.63) is 65.7 Å². The maximum absolute atomic E-state index is 14.8. The van der Waals surface area contributed by atoms with Crippen LogP contribution in [0.2, 0.25) is 0 Å². The number of nitriles is 2. The summed E-state index contributed by atoms with van der Waals surface area (Å²) in [4.78, 5) is 16.2. The first-order valence-corrected chi connectivity index (χ1v) is 7.24. The monoisotopic (exact) mass is 333 g/mol. The van der Waals surface area contributed by atoms with Gasteiger partial charge in [0.05, 0.1) is 23.4 Å². The van der Waals surface area contributed by atoms with Crippen LogP contribution in [-0.4, -0.2) is 10.8 Å². The Morgan fingerprint density at radius 3 is 2.36 bits per heavy atom. The Labute approximate surface area is 141 Å². The first-order valence-electron chi connectivity index (χ1n) is 7.24. The third-order valence-electron chi connectivity index (χ3n) is 3.74. The minimum absolute atomic E-state index is 0.124. The number of aromatic nitrogens is 1. The van der Waals surface area contributed by atoms with Crippen LogP contribution < -0.4 is 0 Å². The highest BCUT2D eigenvalue weighted by atomic mass is 19.1. The van der Waals surface area contributed by atoms with E-state index in [-0.39, 0.29) is 16.8 Å². The number of rotatable bonds is 3. The van der Waals surface area contributed by atoms with Crippen LogP contribution in [-0.2, 0) is 0 Å². The molecule has 0 fully saturated rings. The molecule has 1 aromatic heterocycles. The van der Waals surface area contributed by atoms with Crippen LogP contribution in [0, 0.1) is 40.2 Å². The van der Waals surface area contributed by atoms with Gasteiger partial charge in [-0.05, 0) is 24.3 Å². The van der Waals surface area contributed by atoms with E-state index < -0.39 is 28.9 Å². The van der Waals surface area contributed by atoms with Gasteiger partial charge in [-0.25, -0.2) is 13.8 Å². The number of pyridine rings is 1. The molecule has 0 unspecified atom stereocenters. The van der Waals surface area contributed by atoms with Crippen LogP contribution in [0.5, 0.6) is 0 Å². The molecule has 0 aliphatic carbocycles. The third-order valence-corrected chi connectivity index (χ3v) is 3.74. The molecule has 120 valence electrons. The Balaban J connectivity index is 2.19. The molecule has 0 spiro atoms. The second kappa shape index (κ2) is 6.46. The van der Waals surface area contributed by atoms with Crippen molar-refractivity contribution in [2.45, 2.75) is 0 Å². The molecule has 3 aromatic rings. The average Bonchev–Trinajstić information content (AvgIpc) is 2.63. The van der Waals surface area contributed by atoms with Crippen LogP contribution in [0.1, 0.15) is 10.4 Å². The number of fused-ring (bicyclic) bond motifs is 1. The van der Waals surface area contributed by atoms with Gasteiger partial charge >= 0.3 is 0 Å². The standard InChI is InChI=1S/C19H9F2N3O/c20-15-4-2-1-3-13(15)16-8-6-11-5-7-14(17(21)18(11)24-16)19(25)12(9-22)10-23/h1-8,12H. The second-order valence-electron chi connectivity index (χ2n) is 5.23. The molecule has 25 heavy (non-hydrogen) atoms. The van der Waals surface area contributed by atoms with Crippen molar-refractivity contribution in [3.63, 3.8) is 0 Å². The first-order chi connectivity index (χ1) is 12.1. The fraction of sp³-hybridized carbons (Fsp3) is 0.0526. The van der Waals surface area contributed by atoms with Gasteiger partial charge in [0.25, 0.3) is 0 Å². The molecule has 0 aliphatic rings. The van der Waals surface area contributed by atoms with Crippen molar-refractivity contribution in [2.24, 2.45) is 5.92 Å². The second-order valence-corrected chi connectivity index (χ2v) is 5.23. The summed E-state index contributed by atoms with van der Waals surface area (Å²) in [7, 11) is 0. The number of hydrogen-bond donors (Lipinski definition) is 0. The summed E-state index contributed by atoms with van der Waals surface area (Å²) in [5.41, 5.74) is -0.0984. The zero-order chi connectivity index (χ0) is 18.0. The van der Waals surface area contributed by atoms with Crippen LogP contribution in [0.3, 0.4) is 0 Å². The average molecular weight is 333 g/mol. The Hall–Kier alpha value is -3.64. The fourth-order valence-electron chi connectivity index (χ4n) is 2.46. The van der Waals surface area contributed by atoms with Crippen LogP contribution in [0.15, 0.2) is 48.5 Å². The minimum Gasteiger partial charge on any atom is -0.291 e. The highest BCUT2D eigenvalue weighted by Crippen LogP contribution is 2.26. The number of halogens is 2. The maximum atomic E-state index is 14.8. The maximum Gasteiger partial charge on any atom is 0.197 e. The lowest BCUT2D eigenvalue weighted by Gasteiger charge is -2.08. The minimum atomic E-state index is -1.60. The lowest BCUT2D eigenvalue weighted by molar-refractivity contribution is 0.0967. The zero-order valence-electron chi connectivity index (χ0n) is 12.7. The number of Topliss-reactive ketones (excluding diaryl/α,β-unsaturated/α-hetero) is 1. The van der Waals surface area contributed by atoms with Crippen molar-refractivity contribution in [3.8, 4) is 23.4 Å². The topological polar surface area (TPSA) is 77.5 Å². The molecule has 0 radical (unpaired) electrons. The van der Waals surface area contributed by atoms with Gasteiger partial charge in [0.2, 0.25) is 0 Å². The van der Waals surface area contributed by atoms with Gasteiger partial charge in [0.1, 0.15) is 11.3 Å².